The molecule has 1 amide bonds. The number of carbonyl (C=O) groups excluding carboxylic acids is 1. The van der Waals surface area contributed by atoms with E-state index in [9.17, 15) is 14.0 Å². The number of nitrogens with zero attached hydrogens (tertiary/aromatic N) is 1. The van der Waals surface area contributed by atoms with Crippen molar-refractivity contribution in [1.29, 1.82) is 5.26 Å². The number of hydrogen-bond donors (Lipinski definition) is 3. The Hall–Kier alpha value is -3.80. The fraction of sp³-hybridized carbons (Fsp3) is 0.105. The van der Waals surface area contributed by atoms with Crippen LogP contribution in [0.1, 0.15) is 27.0 Å². The van der Waals surface area contributed by atoms with Crippen LogP contribution in [0.25, 0.3) is 0 Å². The fourth-order valence-corrected chi connectivity index (χ4v) is 2.20. The molecule has 0 unspecified atom stereocenters. The number of nitrogens with two attached hydrogens (primary N) is 1. The van der Waals surface area contributed by atoms with Crippen molar-refractivity contribution in [3.05, 3.63) is 75.8 Å². The summed E-state index contributed by atoms with van der Waals surface area (Å²) in [4.78, 5) is 23.3. The van der Waals surface area contributed by atoms with Gasteiger partial charge in [0.2, 0.25) is 5.91 Å². The molecule has 2 aromatic rings. The van der Waals surface area contributed by atoms with Crippen molar-refractivity contribution >= 4 is 25.4 Å². The van der Waals surface area contributed by atoms with Gasteiger partial charge in [-0.15, -0.1) is 0 Å². The topological polar surface area (TPSA) is 125 Å². The molecule has 2 radical (unpaired) electrons. The molecular weight excluding hydrogens is 364 g/mol. The molecule has 0 bridgehead atoms. The highest BCUT2D eigenvalue weighted by Crippen LogP contribution is 2.18. The summed E-state index contributed by atoms with van der Waals surface area (Å²) in [6.45, 7) is 1.48. The summed E-state index contributed by atoms with van der Waals surface area (Å²) in [6, 6.07) is 9.63. The van der Waals surface area contributed by atoms with Gasteiger partial charge in [-0.25, -0.2) is 9.18 Å². The SMILES string of the molecule is [B]/C(C(=O)Nc1cc(C(=O)O)ccc1C)=C(/N)OCc1ccc(F)cc1C#N. The Labute approximate surface area is 161 Å². The number of benzene rings is 2. The zero-order chi connectivity index (χ0) is 20.8. The second-order valence-corrected chi connectivity index (χ2v) is 5.77. The van der Waals surface area contributed by atoms with Gasteiger partial charge in [0.05, 0.1) is 17.2 Å². The number of halogens is 1. The van der Waals surface area contributed by atoms with Crippen LogP contribution >= 0.6 is 0 Å². The van der Waals surface area contributed by atoms with Gasteiger partial charge in [-0.05, 0) is 36.8 Å². The number of ether oxygens (including phenoxy) is 1. The minimum absolute atomic E-state index is 0.00647. The van der Waals surface area contributed by atoms with Gasteiger partial charge in [0.1, 0.15) is 20.3 Å². The molecule has 0 saturated carbocycles. The Morgan fingerprint density at radius 1 is 1.32 bits per heavy atom. The Morgan fingerprint density at radius 2 is 2.04 bits per heavy atom. The molecule has 2 aromatic carbocycles. The first kappa shape index (κ1) is 20.5. The lowest BCUT2D eigenvalue weighted by molar-refractivity contribution is -0.112. The van der Waals surface area contributed by atoms with Crippen LogP contribution in [0.5, 0.6) is 0 Å². The summed E-state index contributed by atoms with van der Waals surface area (Å²) < 4.78 is 18.4. The number of carbonyl (C=O) groups is 2. The standard InChI is InChI=1S/C19H15BFN3O4/c1-10-2-3-11(19(26)27)7-15(10)24-18(25)16(20)17(23)28-9-12-4-5-14(21)6-13(12)8-22/h2-7H,9,23H2,1H3,(H,24,25)(H,26,27)/b17-16-. The highest BCUT2D eigenvalue weighted by Gasteiger charge is 2.14. The highest BCUT2D eigenvalue weighted by molar-refractivity contribution is 6.38. The molecule has 0 aliphatic heterocycles. The van der Waals surface area contributed by atoms with E-state index in [0.717, 1.165) is 12.1 Å². The Balaban J connectivity index is 2.13. The van der Waals surface area contributed by atoms with Gasteiger partial charge < -0.3 is 20.9 Å². The maximum Gasteiger partial charge on any atom is 0.335 e. The van der Waals surface area contributed by atoms with Crippen molar-refractivity contribution in [2.75, 3.05) is 5.32 Å². The summed E-state index contributed by atoms with van der Waals surface area (Å²) >= 11 is 0. The van der Waals surface area contributed by atoms with Gasteiger partial charge in [-0.1, -0.05) is 12.1 Å². The highest BCUT2D eigenvalue weighted by atomic mass is 19.1. The van der Waals surface area contributed by atoms with Gasteiger partial charge in [0, 0.05) is 16.7 Å². The average Bonchev–Trinajstić information content (AvgIpc) is 2.67. The number of aromatic carboxylic acids is 1. The van der Waals surface area contributed by atoms with E-state index < -0.39 is 29.0 Å². The monoisotopic (exact) mass is 379 g/mol. The summed E-state index contributed by atoms with van der Waals surface area (Å²) in [5.74, 6) is -2.89. The van der Waals surface area contributed by atoms with Crippen LogP contribution in [0.4, 0.5) is 10.1 Å². The molecule has 0 heterocycles. The number of nitriles is 1. The second kappa shape index (κ2) is 8.73. The first-order valence-electron chi connectivity index (χ1n) is 7.94. The third kappa shape index (κ3) is 4.89. The van der Waals surface area contributed by atoms with Gasteiger partial charge in [0.25, 0.3) is 0 Å². The number of rotatable bonds is 6. The van der Waals surface area contributed by atoms with E-state index >= 15 is 0 Å². The van der Waals surface area contributed by atoms with E-state index in [1.807, 2.05) is 6.07 Å². The molecule has 2 rings (SSSR count). The van der Waals surface area contributed by atoms with Crippen molar-refractivity contribution in [2.45, 2.75) is 13.5 Å². The molecule has 0 aliphatic carbocycles. The van der Waals surface area contributed by atoms with Crippen molar-refractivity contribution in [3.63, 3.8) is 0 Å². The number of aryl methyl sites for hydroxylation is 1. The predicted octanol–water partition coefficient (Wildman–Crippen LogP) is 2.16. The van der Waals surface area contributed by atoms with Crippen molar-refractivity contribution < 1.29 is 23.8 Å². The Bertz CT molecular complexity index is 1010. The number of hydrogen-bond acceptors (Lipinski definition) is 5. The maximum absolute atomic E-state index is 13.1. The van der Waals surface area contributed by atoms with Crippen molar-refractivity contribution in [3.8, 4) is 6.07 Å². The molecule has 9 heteroatoms. The van der Waals surface area contributed by atoms with Gasteiger partial charge in [-0.3, -0.25) is 4.79 Å². The van der Waals surface area contributed by atoms with Crippen LogP contribution in [0.3, 0.4) is 0 Å². The minimum Gasteiger partial charge on any atom is -0.478 e. The number of carboxylic acids is 1. The van der Waals surface area contributed by atoms with Crippen molar-refractivity contribution in [1.82, 2.24) is 0 Å². The minimum atomic E-state index is -1.14. The Kier molecular flexibility index (Phi) is 6.40. The molecule has 0 aromatic heterocycles. The molecule has 28 heavy (non-hydrogen) atoms. The molecule has 0 spiro atoms. The summed E-state index contributed by atoms with van der Waals surface area (Å²) in [5.41, 5.74) is 6.55. The zero-order valence-electron chi connectivity index (χ0n) is 14.8. The Morgan fingerprint density at radius 3 is 2.68 bits per heavy atom. The van der Waals surface area contributed by atoms with Gasteiger partial charge >= 0.3 is 5.97 Å². The molecular formula is C19H15BFN3O4. The van der Waals surface area contributed by atoms with Crippen LogP contribution in [0.15, 0.2) is 47.8 Å². The molecule has 4 N–H and O–H groups in total. The lowest BCUT2D eigenvalue weighted by Gasteiger charge is -2.13. The largest absolute Gasteiger partial charge is 0.478 e. The van der Waals surface area contributed by atoms with E-state index in [0.29, 0.717) is 11.1 Å². The summed E-state index contributed by atoms with van der Waals surface area (Å²) in [7, 11) is 5.69. The summed E-state index contributed by atoms with van der Waals surface area (Å²) in [5, 5.41) is 20.5. The summed E-state index contributed by atoms with van der Waals surface area (Å²) in [6.07, 6.45) is 0. The number of anilines is 1. The first-order chi connectivity index (χ1) is 13.2. The third-order valence-corrected chi connectivity index (χ3v) is 3.82. The first-order valence-corrected chi connectivity index (χ1v) is 7.94. The van der Waals surface area contributed by atoms with Crippen LogP contribution in [-0.2, 0) is 16.1 Å². The molecule has 0 atom stereocenters. The molecule has 140 valence electrons. The van der Waals surface area contributed by atoms with E-state index in [1.54, 1.807) is 6.92 Å². The molecule has 0 fully saturated rings. The van der Waals surface area contributed by atoms with E-state index in [1.165, 1.54) is 24.3 Å². The quantitative estimate of drug-likeness (QED) is 0.401. The van der Waals surface area contributed by atoms with Crippen LogP contribution in [-0.4, -0.2) is 24.8 Å². The lowest BCUT2D eigenvalue weighted by atomic mass is 9.95. The van der Waals surface area contributed by atoms with Crippen LogP contribution in [0, 0.1) is 24.1 Å². The van der Waals surface area contributed by atoms with E-state index in [2.05, 4.69) is 5.32 Å². The number of nitrogens with one attached hydrogen (secondary N) is 1. The number of carboxylic acid groups (broad SMARTS) is 1. The fourth-order valence-electron chi connectivity index (χ4n) is 2.20. The smallest absolute Gasteiger partial charge is 0.335 e. The average molecular weight is 379 g/mol. The predicted molar refractivity (Wildman–Crippen MR) is 99.6 cm³/mol. The molecule has 0 aliphatic rings. The van der Waals surface area contributed by atoms with E-state index in [-0.39, 0.29) is 23.4 Å². The molecule has 0 saturated heterocycles. The molecule has 7 nitrogen and oxygen atoms in total. The van der Waals surface area contributed by atoms with Crippen LogP contribution < -0.4 is 11.1 Å². The third-order valence-electron chi connectivity index (χ3n) is 3.82. The normalized spacial score (nSPS) is 11.2. The van der Waals surface area contributed by atoms with Crippen LogP contribution in [0.2, 0.25) is 0 Å². The van der Waals surface area contributed by atoms with E-state index in [4.69, 9.17) is 28.7 Å². The lowest BCUT2D eigenvalue weighted by Crippen LogP contribution is -2.21. The number of amides is 1. The second-order valence-electron chi connectivity index (χ2n) is 5.77. The van der Waals surface area contributed by atoms with Gasteiger partial charge in [-0.2, -0.15) is 5.26 Å². The maximum atomic E-state index is 13.1. The zero-order valence-corrected chi connectivity index (χ0v) is 14.8. The van der Waals surface area contributed by atoms with Crippen molar-refractivity contribution in [2.24, 2.45) is 5.73 Å². The van der Waals surface area contributed by atoms with Gasteiger partial charge in [0.15, 0.2) is 5.88 Å².